The van der Waals surface area contributed by atoms with Crippen LogP contribution in [0.15, 0.2) is 60.8 Å². The first-order valence-electron chi connectivity index (χ1n) is 12.7. The Hall–Kier alpha value is -3.83. The van der Waals surface area contributed by atoms with E-state index in [2.05, 4.69) is 20.9 Å². The summed E-state index contributed by atoms with van der Waals surface area (Å²) in [7, 11) is 0. The Labute approximate surface area is 231 Å². The number of amides is 3. The lowest BCUT2D eigenvalue weighted by Crippen LogP contribution is -2.57. The van der Waals surface area contributed by atoms with Crippen LogP contribution in [0.3, 0.4) is 0 Å². The van der Waals surface area contributed by atoms with Crippen LogP contribution in [0.1, 0.15) is 24.5 Å². The lowest BCUT2D eigenvalue weighted by Gasteiger charge is -2.23. The number of nitrogens with two attached hydrogens (primary N) is 1. The van der Waals surface area contributed by atoms with Crippen molar-refractivity contribution in [3.05, 3.63) is 71.9 Å². The van der Waals surface area contributed by atoms with E-state index in [-0.39, 0.29) is 12.8 Å². The maximum absolute atomic E-state index is 13.2. The number of carbonyl (C=O) groups excluding carboxylic acids is 3. The molecule has 11 heteroatoms. The highest BCUT2D eigenvalue weighted by molar-refractivity contribution is 7.98. The van der Waals surface area contributed by atoms with Gasteiger partial charge in [0.1, 0.15) is 18.1 Å². The van der Waals surface area contributed by atoms with Crippen molar-refractivity contribution in [2.75, 3.05) is 12.0 Å². The molecule has 10 nitrogen and oxygen atoms in total. The number of H-pyrrole nitrogens is 1. The Kier molecular flexibility index (Phi) is 10.9. The summed E-state index contributed by atoms with van der Waals surface area (Å²) in [5, 5.41) is 18.5. The second kappa shape index (κ2) is 14.4. The van der Waals surface area contributed by atoms with E-state index >= 15 is 0 Å². The number of hydrogen-bond acceptors (Lipinski definition) is 6. The van der Waals surface area contributed by atoms with Crippen molar-refractivity contribution in [1.82, 2.24) is 20.9 Å². The summed E-state index contributed by atoms with van der Waals surface area (Å²) < 4.78 is 0. The molecular weight excluding hydrogens is 518 g/mol. The fraction of sp³-hybridized carbons (Fsp3) is 0.357. The van der Waals surface area contributed by atoms with Gasteiger partial charge in [-0.1, -0.05) is 48.5 Å². The van der Waals surface area contributed by atoms with Crippen LogP contribution in [0.4, 0.5) is 0 Å². The monoisotopic (exact) mass is 553 g/mol. The Morgan fingerprint density at radius 2 is 1.56 bits per heavy atom. The smallest absolute Gasteiger partial charge is 0.326 e. The molecular formula is C28H35N5O5S. The molecule has 208 valence electrons. The third-order valence-electron chi connectivity index (χ3n) is 6.35. The second-order valence-corrected chi connectivity index (χ2v) is 10.3. The standard InChI is InChI=1S/C28H35N5O5S/c1-17(25(34)33-24(28(37)38)15-19-16-30-22-11-7-6-10-20(19)22)31-27(36)23(14-18-8-4-3-5-9-18)32-26(35)21(29)12-13-39-2/h3-11,16-17,21,23-24,30H,12-15,29H2,1-2H3,(H,31,36)(H,32,35)(H,33,34)(H,37,38). The molecule has 2 aromatic carbocycles. The fourth-order valence-electron chi connectivity index (χ4n) is 4.11. The lowest BCUT2D eigenvalue weighted by atomic mass is 10.0. The summed E-state index contributed by atoms with van der Waals surface area (Å²) in [6.07, 6.45) is 4.35. The molecule has 4 unspecified atom stereocenters. The van der Waals surface area contributed by atoms with E-state index in [0.29, 0.717) is 12.2 Å². The minimum atomic E-state index is -1.20. The Bertz CT molecular complexity index is 1280. The number of hydrogen-bond donors (Lipinski definition) is 6. The molecule has 0 saturated carbocycles. The second-order valence-electron chi connectivity index (χ2n) is 9.33. The van der Waals surface area contributed by atoms with Gasteiger partial charge in [-0.25, -0.2) is 4.79 Å². The number of rotatable bonds is 14. The number of nitrogens with one attached hydrogen (secondary N) is 4. The highest BCUT2D eigenvalue weighted by atomic mass is 32.2. The van der Waals surface area contributed by atoms with Crippen LogP contribution in [0, 0.1) is 0 Å². The molecule has 3 amide bonds. The minimum Gasteiger partial charge on any atom is -0.480 e. The summed E-state index contributed by atoms with van der Waals surface area (Å²) in [5.74, 6) is -2.18. The number of carbonyl (C=O) groups is 4. The average molecular weight is 554 g/mol. The van der Waals surface area contributed by atoms with Crippen LogP contribution >= 0.6 is 11.8 Å². The molecule has 3 aromatic rings. The molecule has 7 N–H and O–H groups in total. The molecule has 39 heavy (non-hydrogen) atoms. The maximum Gasteiger partial charge on any atom is 0.326 e. The van der Waals surface area contributed by atoms with Gasteiger partial charge in [0, 0.05) is 29.9 Å². The first-order valence-corrected chi connectivity index (χ1v) is 14.1. The van der Waals surface area contributed by atoms with Gasteiger partial charge < -0.3 is 31.8 Å². The first kappa shape index (κ1) is 29.7. The van der Waals surface area contributed by atoms with Crippen LogP contribution in [0.5, 0.6) is 0 Å². The number of para-hydroxylation sites is 1. The van der Waals surface area contributed by atoms with Gasteiger partial charge in [0.05, 0.1) is 6.04 Å². The summed E-state index contributed by atoms with van der Waals surface area (Å²) in [6, 6.07) is 12.6. The number of carboxylic acid groups (broad SMARTS) is 1. The minimum absolute atomic E-state index is 0.0619. The number of carboxylic acids is 1. The van der Waals surface area contributed by atoms with Crippen molar-refractivity contribution >= 4 is 46.4 Å². The lowest BCUT2D eigenvalue weighted by molar-refractivity contribution is -0.142. The SMILES string of the molecule is CSCCC(N)C(=O)NC(Cc1ccccc1)C(=O)NC(C)C(=O)NC(Cc1c[nH]c2ccccc12)C(=O)O. The van der Waals surface area contributed by atoms with E-state index in [0.717, 1.165) is 22.0 Å². The van der Waals surface area contributed by atoms with Crippen molar-refractivity contribution in [2.45, 2.75) is 50.4 Å². The van der Waals surface area contributed by atoms with Gasteiger partial charge in [-0.3, -0.25) is 14.4 Å². The predicted molar refractivity (Wildman–Crippen MR) is 152 cm³/mol. The molecule has 0 spiro atoms. The topological polar surface area (TPSA) is 166 Å². The van der Waals surface area contributed by atoms with Crippen LogP contribution in [0.2, 0.25) is 0 Å². The number of benzene rings is 2. The number of fused-ring (bicyclic) bond motifs is 1. The third kappa shape index (κ3) is 8.59. The highest BCUT2D eigenvalue weighted by Crippen LogP contribution is 2.19. The van der Waals surface area contributed by atoms with Gasteiger partial charge >= 0.3 is 5.97 Å². The average Bonchev–Trinajstić information content (AvgIpc) is 3.33. The van der Waals surface area contributed by atoms with E-state index < -0.39 is 47.9 Å². The summed E-state index contributed by atoms with van der Waals surface area (Å²) >= 11 is 1.57. The molecule has 1 heterocycles. The van der Waals surface area contributed by atoms with Crippen molar-refractivity contribution in [2.24, 2.45) is 5.73 Å². The number of aromatic amines is 1. The zero-order valence-corrected chi connectivity index (χ0v) is 22.8. The van der Waals surface area contributed by atoms with E-state index in [9.17, 15) is 24.3 Å². The quantitative estimate of drug-likeness (QED) is 0.176. The zero-order valence-electron chi connectivity index (χ0n) is 22.0. The van der Waals surface area contributed by atoms with E-state index in [4.69, 9.17) is 5.73 Å². The van der Waals surface area contributed by atoms with Crippen LogP contribution < -0.4 is 21.7 Å². The molecule has 0 aliphatic carbocycles. The number of aliphatic carboxylic acids is 1. The van der Waals surface area contributed by atoms with Crippen LogP contribution in [-0.4, -0.2) is 70.0 Å². The zero-order chi connectivity index (χ0) is 28.4. The van der Waals surface area contributed by atoms with Gasteiger partial charge in [-0.15, -0.1) is 0 Å². The molecule has 1 aromatic heterocycles. The van der Waals surface area contributed by atoms with Gasteiger partial charge in [0.25, 0.3) is 0 Å². The van der Waals surface area contributed by atoms with Gasteiger partial charge in [-0.2, -0.15) is 11.8 Å². The molecule has 0 saturated heterocycles. The fourth-order valence-corrected chi connectivity index (χ4v) is 4.60. The van der Waals surface area contributed by atoms with Gasteiger partial charge in [-0.05, 0) is 42.5 Å². The summed E-state index contributed by atoms with van der Waals surface area (Å²) in [4.78, 5) is 53.8. The first-order chi connectivity index (χ1) is 18.7. The molecule has 0 fully saturated rings. The largest absolute Gasteiger partial charge is 0.480 e. The molecule has 0 aliphatic heterocycles. The van der Waals surface area contributed by atoms with Gasteiger partial charge in [0.15, 0.2) is 0 Å². The van der Waals surface area contributed by atoms with Crippen molar-refractivity contribution < 1.29 is 24.3 Å². The van der Waals surface area contributed by atoms with Crippen molar-refractivity contribution in [3.63, 3.8) is 0 Å². The molecule has 0 bridgehead atoms. The molecule has 4 atom stereocenters. The maximum atomic E-state index is 13.2. The molecule has 0 aliphatic rings. The summed E-state index contributed by atoms with van der Waals surface area (Å²) in [5.41, 5.74) is 8.42. The highest BCUT2D eigenvalue weighted by Gasteiger charge is 2.29. The Balaban J connectivity index is 1.66. The number of aromatic nitrogens is 1. The summed E-state index contributed by atoms with van der Waals surface area (Å²) in [6.45, 7) is 1.46. The number of thioether (sulfide) groups is 1. The molecule has 3 rings (SSSR count). The third-order valence-corrected chi connectivity index (χ3v) is 6.99. The van der Waals surface area contributed by atoms with E-state index in [1.54, 1.807) is 18.0 Å². The van der Waals surface area contributed by atoms with Crippen molar-refractivity contribution in [1.29, 1.82) is 0 Å². The van der Waals surface area contributed by atoms with Crippen molar-refractivity contribution in [3.8, 4) is 0 Å². The van der Waals surface area contributed by atoms with Crippen LogP contribution in [-0.2, 0) is 32.0 Å². The normalized spacial score (nSPS) is 14.1. The Morgan fingerprint density at radius 3 is 2.26 bits per heavy atom. The van der Waals surface area contributed by atoms with Crippen LogP contribution in [0.25, 0.3) is 10.9 Å². The Morgan fingerprint density at radius 1 is 0.897 bits per heavy atom. The predicted octanol–water partition coefficient (Wildman–Crippen LogP) is 1.59. The van der Waals surface area contributed by atoms with E-state index in [1.165, 1.54) is 6.92 Å². The molecule has 0 radical (unpaired) electrons. The van der Waals surface area contributed by atoms with Gasteiger partial charge in [0.2, 0.25) is 17.7 Å². The van der Waals surface area contributed by atoms with E-state index in [1.807, 2.05) is 60.9 Å².